The van der Waals surface area contributed by atoms with Gasteiger partial charge < -0.3 is 23.5 Å². The summed E-state index contributed by atoms with van der Waals surface area (Å²) in [5.41, 5.74) is 1.48. The molecule has 174 valence electrons. The minimum atomic E-state index is -0.204. The predicted octanol–water partition coefficient (Wildman–Crippen LogP) is 4.87. The largest absolute Gasteiger partial charge is 0.493 e. The summed E-state index contributed by atoms with van der Waals surface area (Å²) in [5.74, 6) is 2.00. The smallest absolute Gasteiger partial charge is 0.247 e. The van der Waals surface area contributed by atoms with E-state index < -0.39 is 0 Å². The van der Waals surface area contributed by atoms with Crippen LogP contribution in [0.2, 0.25) is 5.02 Å². The Morgan fingerprint density at radius 2 is 1.70 bits per heavy atom. The van der Waals surface area contributed by atoms with Gasteiger partial charge in [-0.15, -0.1) is 10.2 Å². The molecule has 9 heteroatoms. The van der Waals surface area contributed by atoms with E-state index in [1.165, 1.54) is 13.2 Å². The van der Waals surface area contributed by atoms with E-state index in [-0.39, 0.29) is 18.5 Å². The quantitative estimate of drug-likeness (QED) is 0.411. The number of aromatic nitrogens is 2. The number of carbonyl (C=O) groups is 1. The topological polar surface area (TPSA) is 86.9 Å². The average Bonchev–Trinajstić information content (AvgIpc) is 3.29. The zero-order chi connectivity index (χ0) is 24.0. The van der Waals surface area contributed by atoms with Gasteiger partial charge in [-0.1, -0.05) is 11.6 Å². The highest BCUT2D eigenvalue weighted by Gasteiger charge is 2.19. The zero-order valence-electron chi connectivity index (χ0n) is 19.2. The van der Waals surface area contributed by atoms with Gasteiger partial charge in [0.05, 0.1) is 27.9 Å². The molecule has 2 aromatic carbocycles. The van der Waals surface area contributed by atoms with Gasteiger partial charge in [0.15, 0.2) is 11.5 Å². The van der Waals surface area contributed by atoms with E-state index in [9.17, 15) is 4.79 Å². The maximum absolute atomic E-state index is 13.0. The Balaban J connectivity index is 1.77. The van der Waals surface area contributed by atoms with Crippen LogP contribution in [0.25, 0.3) is 17.5 Å². The van der Waals surface area contributed by atoms with Crippen molar-refractivity contribution < 1.29 is 23.4 Å². The minimum Gasteiger partial charge on any atom is -0.493 e. The van der Waals surface area contributed by atoms with Gasteiger partial charge in [-0.3, -0.25) is 4.79 Å². The van der Waals surface area contributed by atoms with E-state index in [4.69, 9.17) is 30.2 Å². The monoisotopic (exact) mass is 471 g/mol. The van der Waals surface area contributed by atoms with Crippen LogP contribution in [0.5, 0.6) is 17.2 Å². The van der Waals surface area contributed by atoms with Gasteiger partial charge in [0, 0.05) is 22.7 Å². The number of hydrogen-bond donors (Lipinski definition) is 0. The first-order valence-electron chi connectivity index (χ1n) is 10.2. The summed E-state index contributed by atoms with van der Waals surface area (Å²) < 4.78 is 21.8. The van der Waals surface area contributed by atoms with Gasteiger partial charge in [-0.25, -0.2) is 0 Å². The van der Waals surface area contributed by atoms with Crippen LogP contribution in [0.3, 0.4) is 0 Å². The van der Waals surface area contributed by atoms with Crippen molar-refractivity contribution in [2.45, 2.75) is 26.4 Å². The van der Waals surface area contributed by atoms with Crippen LogP contribution in [-0.2, 0) is 11.3 Å². The molecule has 1 heterocycles. The second-order valence-electron chi connectivity index (χ2n) is 7.36. The molecule has 0 bridgehead atoms. The Kier molecular flexibility index (Phi) is 7.95. The fourth-order valence-electron chi connectivity index (χ4n) is 3.15. The minimum absolute atomic E-state index is 0.0898. The Labute approximate surface area is 197 Å². The lowest BCUT2D eigenvalue weighted by molar-refractivity contribution is -0.128. The number of hydrogen-bond acceptors (Lipinski definition) is 7. The van der Waals surface area contributed by atoms with Gasteiger partial charge in [-0.2, -0.15) is 0 Å². The molecule has 0 saturated heterocycles. The molecule has 0 radical (unpaired) electrons. The van der Waals surface area contributed by atoms with Crippen LogP contribution in [-0.4, -0.2) is 48.4 Å². The van der Waals surface area contributed by atoms with Crippen molar-refractivity contribution in [3.8, 4) is 28.7 Å². The molecule has 0 aliphatic rings. The fraction of sp³-hybridized carbons (Fsp3) is 0.292. The van der Waals surface area contributed by atoms with Crippen LogP contribution >= 0.6 is 11.6 Å². The highest BCUT2D eigenvalue weighted by molar-refractivity contribution is 6.30. The Hall–Kier alpha value is -3.52. The molecule has 3 aromatic rings. The number of rotatable bonds is 9. The van der Waals surface area contributed by atoms with Crippen LogP contribution < -0.4 is 14.2 Å². The second-order valence-corrected chi connectivity index (χ2v) is 7.80. The lowest BCUT2D eigenvalue weighted by Crippen LogP contribution is -2.35. The highest BCUT2D eigenvalue weighted by atomic mass is 35.5. The van der Waals surface area contributed by atoms with Crippen LogP contribution in [0.15, 0.2) is 46.9 Å². The molecule has 1 amide bonds. The molecule has 0 fully saturated rings. The second kappa shape index (κ2) is 10.9. The summed E-state index contributed by atoms with van der Waals surface area (Å²) in [6.45, 7) is 4.01. The standard InChI is InChI=1S/C24H26ClN3O5/c1-15(2)28(14-21-26-27-24(33-21)17-7-9-18(25)10-8-17)22(29)11-6-16-12-19(30-3)23(32-5)20(13-16)31-4/h6-13,15H,14H2,1-5H3/b11-6+. The number of nitrogens with zero attached hydrogens (tertiary/aromatic N) is 3. The van der Waals surface area contributed by atoms with Gasteiger partial charge in [0.25, 0.3) is 0 Å². The molecule has 3 rings (SSSR count). The lowest BCUT2D eigenvalue weighted by Gasteiger charge is -2.23. The maximum Gasteiger partial charge on any atom is 0.247 e. The van der Waals surface area contributed by atoms with E-state index in [2.05, 4.69) is 10.2 Å². The van der Waals surface area contributed by atoms with Crippen LogP contribution in [0.4, 0.5) is 0 Å². The third kappa shape index (κ3) is 5.84. The molecule has 0 atom stereocenters. The molecule has 0 aliphatic heterocycles. The van der Waals surface area contributed by atoms with Gasteiger partial charge in [-0.05, 0) is 61.9 Å². The SMILES string of the molecule is COc1cc(/C=C/C(=O)N(Cc2nnc(-c3ccc(Cl)cc3)o2)C(C)C)cc(OC)c1OC. The van der Waals surface area contributed by atoms with Crippen LogP contribution in [0.1, 0.15) is 25.3 Å². The van der Waals surface area contributed by atoms with Crippen LogP contribution in [0, 0.1) is 0 Å². The summed E-state index contributed by atoms with van der Waals surface area (Å²) in [4.78, 5) is 14.6. The molecule has 1 aromatic heterocycles. The number of methoxy groups -OCH3 is 3. The van der Waals surface area contributed by atoms with Gasteiger partial charge in [0.1, 0.15) is 0 Å². The predicted molar refractivity (Wildman–Crippen MR) is 126 cm³/mol. The first kappa shape index (κ1) is 24.1. The van der Waals surface area contributed by atoms with E-state index in [0.29, 0.717) is 34.1 Å². The normalized spacial score (nSPS) is 11.1. The first-order valence-corrected chi connectivity index (χ1v) is 10.6. The molecule has 0 spiro atoms. The summed E-state index contributed by atoms with van der Waals surface area (Å²) in [7, 11) is 4.62. The molecule has 0 aliphatic carbocycles. The summed E-state index contributed by atoms with van der Waals surface area (Å²) >= 11 is 5.93. The van der Waals surface area contributed by atoms with Gasteiger partial charge in [0.2, 0.25) is 23.4 Å². The third-order valence-corrected chi connectivity index (χ3v) is 5.13. The van der Waals surface area contributed by atoms with Crippen molar-refractivity contribution in [1.82, 2.24) is 15.1 Å². The first-order chi connectivity index (χ1) is 15.9. The average molecular weight is 472 g/mol. The molecule has 0 saturated carbocycles. The van der Waals surface area contributed by atoms with Crippen molar-refractivity contribution in [1.29, 1.82) is 0 Å². The summed E-state index contributed by atoms with van der Waals surface area (Å²) in [5, 5.41) is 8.79. The van der Waals surface area contributed by atoms with Crippen molar-refractivity contribution >= 4 is 23.6 Å². The number of ether oxygens (including phenoxy) is 3. The molecule has 33 heavy (non-hydrogen) atoms. The molecular weight excluding hydrogens is 446 g/mol. The lowest BCUT2D eigenvalue weighted by atomic mass is 10.1. The number of benzene rings is 2. The Morgan fingerprint density at radius 1 is 1.06 bits per heavy atom. The van der Waals surface area contributed by atoms with Crippen molar-refractivity contribution in [2.75, 3.05) is 21.3 Å². The fourth-order valence-corrected chi connectivity index (χ4v) is 3.27. The van der Waals surface area contributed by atoms with E-state index in [1.807, 2.05) is 13.8 Å². The highest BCUT2D eigenvalue weighted by Crippen LogP contribution is 2.38. The van der Waals surface area contributed by atoms with Crippen molar-refractivity contribution in [2.24, 2.45) is 0 Å². The molecular formula is C24H26ClN3O5. The van der Waals surface area contributed by atoms with E-state index >= 15 is 0 Å². The van der Waals surface area contributed by atoms with Crippen molar-refractivity contribution in [3.63, 3.8) is 0 Å². The van der Waals surface area contributed by atoms with Crippen molar-refractivity contribution in [3.05, 3.63) is 59.0 Å². The summed E-state index contributed by atoms with van der Waals surface area (Å²) in [6, 6.07) is 10.5. The number of halogens is 1. The number of amides is 1. The Bertz CT molecular complexity index is 1100. The van der Waals surface area contributed by atoms with E-state index in [0.717, 1.165) is 11.1 Å². The summed E-state index contributed by atoms with van der Waals surface area (Å²) in [6.07, 6.45) is 3.17. The molecule has 0 unspecified atom stereocenters. The van der Waals surface area contributed by atoms with Gasteiger partial charge >= 0.3 is 0 Å². The maximum atomic E-state index is 13.0. The molecule has 0 N–H and O–H groups in total. The molecule has 8 nitrogen and oxygen atoms in total. The third-order valence-electron chi connectivity index (χ3n) is 4.88. The number of carbonyl (C=O) groups excluding carboxylic acids is 1. The Morgan fingerprint density at radius 3 is 2.24 bits per heavy atom. The zero-order valence-corrected chi connectivity index (χ0v) is 19.9. The van der Waals surface area contributed by atoms with E-state index in [1.54, 1.807) is 61.6 Å².